The molecule has 0 aliphatic carbocycles. The number of fused-ring (bicyclic) bond motifs is 1. The average molecular weight is 357 g/mol. The van der Waals surface area contributed by atoms with Crippen molar-refractivity contribution in [3.05, 3.63) is 58.4 Å². The van der Waals surface area contributed by atoms with E-state index >= 15 is 0 Å². The maximum atomic E-state index is 6.50. The van der Waals surface area contributed by atoms with Gasteiger partial charge in [-0.1, -0.05) is 23.7 Å². The van der Waals surface area contributed by atoms with E-state index < -0.39 is 5.79 Å². The van der Waals surface area contributed by atoms with Gasteiger partial charge in [-0.3, -0.25) is 15.9 Å². The number of nitrogens with two attached hydrogens (primary N) is 1. The van der Waals surface area contributed by atoms with Crippen LogP contribution in [0.25, 0.3) is 0 Å². The van der Waals surface area contributed by atoms with Gasteiger partial charge in [-0.2, -0.15) is 10.2 Å². The van der Waals surface area contributed by atoms with E-state index in [2.05, 4.69) is 36.0 Å². The molecular formula is C16H17ClN8. The summed E-state index contributed by atoms with van der Waals surface area (Å²) in [6.45, 7) is 1.93. The number of aliphatic imine (C=N–C) groups is 1. The molecule has 0 saturated heterocycles. The van der Waals surface area contributed by atoms with Crippen molar-refractivity contribution in [2.75, 3.05) is 10.6 Å². The maximum absolute atomic E-state index is 6.50. The monoisotopic (exact) mass is 356 g/mol. The molecule has 1 aliphatic rings. The third-order valence-electron chi connectivity index (χ3n) is 3.89. The van der Waals surface area contributed by atoms with Crippen molar-refractivity contribution in [3.8, 4) is 0 Å². The number of H-pyrrole nitrogens is 2. The molecule has 0 fully saturated rings. The van der Waals surface area contributed by atoms with Gasteiger partial charge < -0.3 is 10.6 Å². The van der Waals surface area contributed by atoms with E-state index in [-0.39, 0.29) is 0 Å². The highest BCUT2D eigenvalue weighted by Crippen LogP contribution is 2.26. The third-order valence-corrected chi connectivity index (χ3v) is 4.14. The van der Waals surface area contributed by atoms with Crippen LogP contribution in [0.4, 0.5) is 11.6 Å². The van der Waals surface area contributed by atoms with Gasteiger partial charge in [0.25, 0.3) is 0 Å². The molecule has 25 heavy (non-hydrogen) atoms. The van der Waals surface area contributed by atoms with Gasteiger partial charge >= 0.3 is 0 Å². The van der Waals surface area contributed by atoms with Gasteiger partial charge in [-0.25, -0.2) is 4.99 Å². The van der Waals surface area contributed by atoms with Gasteiger partial charge in [0.1, 0.15) is 11.7 Å². The van der Waals surface area contributed by atoms with Crippen molar-refractivity contribution < 1.29 is 0 Å². The van der Waals surface area contributed by atoms with E-state index in [1.807, 2.05) is 37.3 Å². The minimum absolute atomic E-state index is 0.480. The summed E-state index contributed by atoms with van der Waals surface area (Å²) in [6.07, 6.45) is 2.17. The van der Waals surface area contributed by atoms with Crippen molar-refractivity contribution >= 4 is 29.1 Å². The summed E-state index contributed by atoms with van der Waals surface area (Å²) in [5.74, 6) is 0.951. The zero-order valence-corrected chi connectivity index (χ0v) is 14.2. The summed E-state index contributed by atoms with van der Waals surface area (Å²) in [4.78, 5) is 4.67. The Hall–Kier alpha value is -2.84. The Labute approximate surface area is 148 Å². The first-order valence-electron chi connectivity index (χ1n) is 7.75. The number of aryl methyl sites for hydroxylation is 1. The number of amidine groups is 1. The normalized spacial score (nSPS) is 19.1. The Bertz CT molecular complexity index is 926. The van der Waals surface area contributed by atoms with Crippen molar-refractivity contribution in [2.45, 2.75) is 19.1 Å². The number of benzene rings is 1. The Balaban J connectivity index is 1.66. The molecule has 0 spiro atoms. The van der Waals surface area contributed by atoms with Gasteiger partial charge in [0, 0.05) is 23.2 Å². The lowest BCUT2D eigenvalue weighted by atomic mass is 10.1. The molecule has 128 valence electrons. The average Bonchev–Trinajstić information content (AvgIpc) is 3.18. The van der Waals surface area contributed by atoms with Crippen molar-refractivity contribution in [1.82, 2.24) is 20.4 Å². The lowest BCUT2D eigenvalue weighted by molar-refractivity contribution is 0.501. The highest BCUT2D eigenvalue weighted by molar-refractivity contribution is 6.30. The van der Waals surface area contributed by atoms with E-state index in [9.17, 15) is 0 Å². The lowest BCUT2D eigenvalue weighted by Crippen LogP contribution is -2.51. The molecule has 0 radical (unpaired) electrons. The highest BCUT2D eigenvalue weighted by atomic mass is 35.5. The zero-order chi connectivity index (χ0) is 17.4. The first kappa shape index (κ1) is 15.7. The van der Waals surface area contributed by atoms with Gasteiger partial charge in [0.15, 0.2) is 11.6 Å². The molecule has 9 heteroatoms. The number of aromatic nitrogens is 4. The molecule has 3 heterocycles. The highest BCUT2D eigenvalue weighted by Gasteiger charge is 2.32. The fourth-order valence-electron chi connectivity index (χ4n) is 2.76. The lowest BCUT2D eigenvalue weighted by Gasteiger charge is -2.32. The number of rotatable bonds is 3. The molecular weight excluding hydrogens is 340 g/mol. The van der Waals surface area contributed by atoms with Crippen LogP contribution >= 0.6 is 11.6 Å². The molecule has 1 unspecified atom stereocenters. The quantitative estimate of drug-likeness (QED) is 0.493. The van der Waals surface area contributed by atoms with Crippen LogP contribution in [0.15, 0.2) is 41.5 Å². The largest absolute Gasteiger partial charge is 0.333 e. The number of hydrogen-bond donors (Lipinski definition) is 5. The van der Waals surface area contributed by atoms with E-state index in [1.54, 1.807) is 6.20 Å². The molecule has 4 rings (SSSR count). The first-order valence-corrected chi connectivity index (χ1v) is 8.13. The summed E-state index contributed by atoms with van der Waals surface area (Å²) in [7, 11) is 0. The molecule has 6 N–H and O–H groups in total. The van der Waals surface area contributed by atoms with Crippen molar-refractivity contribution in [3.63, 3.8) is 0 Å². The van der Waals surface area contributed by atoms with Crippen LogP contribution in [-0.4, -0.2) is 32.0 Å². The Morgan fingerprint density at radius 3 is 2.76 bits per heavy atom. The number of hydrogen-bond acceptors (Lipinski definition) is 6. The predicted molar refractivity (Wildman–Crippen MR) is 97.8 cm³/mol. The summed E-state index contributed by atoms with van der Waals surface area (Å²) in [6, 6.07) is 9.42. The summed E-state index contributed by atoms with van der Waals surface area (Å²) < 4.78 is 0. The van der Waals surface area contributed by atoms with Gasteiger partial charge in [0.2, 0.25) is 0 Å². The smallest absolute Gasteiger partial charge is 0.189 e. The van der Waals surface area contributed by atoms with Crippen LogP contribution in [0.1, 0.15) is 16.8 Å². The molecule has 8 nitrogen and oxygen atoms in total. The van der Waals surface area contributed by atoms with Gasteiger partial charge in [0.05, 0.1) is 11.8 Å². The first-order chi connectivity index (χ1) is 12.0. The van der Waals surface area contributed by atoms with Crippen LogP contribution in [-0.2, 0) is 6.42 Å². The minimum atomic E-state index is -1.03. The summed E-state index contributed by atoms with van der Waals surface area (Å²) in [5.41, 5.74) is 9.27. The molecule has 1 aliphatic heterocycles. The molecule has 0 bridgehead atoms. The number of halogens is 1. The van der Waals surface area contributed by atoms with E-state index in [4.69, 9.17) is 17.3 Å². The number of anilines is 2. The molecule has 1 atom stereocenters. The third kappa shape index (κ3) is 3.21. The summed E-state index contributed by atoms with van der Waals surface area (Å²) >= 11 is 5.95. The van der Waals surface area contributed by atoms with Crippen LogP contribution in [0.3, 0.4) is 0 Å². The van der Waals surface area contributed by atoms with Crippen LogP contribution < -0.4 is 16.4 Å². The molecule has 2 aromatic heterocycles. The van der Waals surface area contributed by atoms with E-state index in [0.29, 0.717) is 28.9 Å². The second-order valence-corrected chi connectivity index (χ2v) is 6.47. The summed E-state index contributed by atoms with van der Waals surface area (Å²) in [5, 5.41) is 21.2. The Kier molecular flexibility index (Phi) is 3.70. The minimum Gasteiger partial charge on any atom is -0.333 e. The topological polar surface area (TPSA) is 120 Å². The van der Waals surface area contributed by atoms with E-state index in [1.165, 1.54) is 0 Å². The van der Waals surface area contributed by atoms with Crippen molar-refractivity contribution in [2.24, 2.45) is 10.7 Å². The second kappa shape index (κ2) is 5.91. The fraction of sp³-hybridized carbons (Fsp3) is 0.188. The van der Waals surface area contributed by atoms with Gasteiger partial charge in [-0.15, -0.1) is 0 Å². The number of nitrogens with one attached hydrogen (secondary N) is 4. The second-order valence-electron chi connectivity index (χ2n) is 6.03. The van der Waals surface area contributed by atoms with Crippen LogP contribution in [0.5, 0.6) is 0 Å². The Morgan fingerprint density at radius 1 is 1.24 bits per heavy atom. The molecule has 1 aromatic carbocycles. The van der Waals surface area contributed by atoms with Crippen LogP contribution in [0.2, 0.25) is 5.02 Å². The Morgan fingerprint density at radius 2 is 2.04 bits per heavy atom. The standard InChI is InChI=1S/C16H17ClN8/c1-9-6-13(24-23-9)20-14-12-8-19-25-15(12)22-16(18,21-14)7-10-2-4-11(17)5-3-10/h2-6,8H,7,18H2,1H3,(H2,19,22,25)(H2,20,21,23,24). The zero-order valence-electron chi connectivity index (χ0n) is 13.5. The van der Waals surface area contributed by atoms with Crippen LogP contribution in [0, 0.1) is 6.92 Å². The van der Waals surface area contributed by atoms with E-state index in [0.717, 1.165) is 16.8 Å². The molecule has 0 amide bonds. The number of aromatic amines is 2. The van der Waals surface area contributed by atoms with Crippen molar-refractivity contribution in [1.29, 1.82) is 0 Å². The molecule has 3 aromatic rings. The fourth-order valence-corrected chi connectivity index (χ4v) is 2.89. The maximum Gasteiger partial charge on any atom is 0.189 e. The SMILES string of the molecule is Cc1cc(NC2=NC(N)(Cc3ccc(Cl)cc3)Nc3[nH]ncc32)n[nH]1. The molecule has 0 saturated carbocycles. The predicted octanol–water partition coefficient (Wildman–Crippen LogP) is 2.23. The van der Waals surface area contributed by atoms with Gasteiger partial charge in [-0.05, 0) is 24.6 Å². The number of nitrogens with zero attached hydrogens (tertiary/aromatic N) is 3.